The molecule has 0 N–H and O–H groups in total. The van der Waals surface area contributed by atoms with Gasteiger partial charge < -0.3 is 4.74 Å². The first-order chi connectivity index (χ1) is 12.4. The molecule has 4 nitrogen and oxygen atoms in total. The Labute approximate surface area is 151 Å². The fourth-order valence-electron chi connectivity index (χ4n) is 3.39. The summed E-state index contributed by atoms with van der Waals surface area (Å²) < 4.78 is 46.4. The van der Waals surface area contributed by atoms with Gasteiger partial charge in [-0.2, -0.15) is 18.3 Å². The lowest BCUT2D eigenvalue weighted by atomic mass is 10.0. The van der Waals surface area contributed by atoms with Crippen molar-refractivity contribution >= 4 is 0 Å². The van der Waals surface area contributed by atoms with E-state index in [4.69, 9.17) is 4.74 Å². The van der Waals surface area contributed by atoms with Gasteiger partial charge >= 0.3 is 6.18 Å². The number of benzene rings is 1. The van der Waals surface area contributed by atoms with Crippen molar-refractivity contribution in [2.24, 2.45) is 0 Å². The van der Waals surface area contributed by atoms with E-state index in [-0.39, 0.29) is 6.10 Å². The Morgan fingerprint density at radius 3 is 2.81 bits per heavy atom. The van der Waals surface area contributed by atoms with Gasteiger partial charge in [-0.25, -0.2) is 0 Å². The smallest absolute Gasteiger partial charge is 0.375 e. The van der Waals surface area contributed by atoms with Gasteiger partial charge in [0.15, 0.2) is 0 Å². The Kier molecular flexibility index (Phi) is 5.67. The molecular weight excluding hydrogens is 343 g/mol. The molecule has 0 aliphatic carbocycles. The summed E-state index contributed by atoms with van der Waals surface area (Å²) in [6, 6.07) is 5.51. The zero-order chi connectivity index (χ0) is 18.7. The molecular formula is C19H24F3N3O. The van der Waals surface area contributed by atoms with Crippen molar-refractivity contribution in [3.05, 3.63) is 52.8 Å². The molecule has 1 aromatic heterocycles. The molecule has 7 heteroatoms. The molecule has 0 spiro atoms. The number of rotatable bonds is 5. The molecule has 2 heterocycles. The van der Waals surface area contributed by atoms with Gasteiger partial charge in [0.25, 0.3) is 0 Å². The summed E-state index contributed by atoms with van der Waals surface area (Å²) in [7, 11) is 0. The molecule has 1 fully saturated rings. The lowest BCUT2D eigenvalue weighted by Gasteiger charge is -2.33. The van der Waals surface area contributed by atoms with Crippen LogP contribution in [0.5, 0.6) is 0 Å². The predicted octanol–water partition coefficient (Wildman–Crippen LogP) is 3.67. The summed E-state index contributed by atoms with van der Waals surface area (Å²) in [4.78, 5) is 2.28. The number of aromatic nitrogens is 2. The lowest BCUT2D eigenvalue weighted by Crippen LogP contribution is -2.42. The minimum absolute atomic E-state index is 0.103. The van der Waals surface area contributed by atoms with Crippen LogP contribution in [0.2, 0.25) is 0 Å². The second kappa shape index (κ2) is 7.80. The third-order valence-electron chi connectivity index (χ3n) is 4.84. The van der Waals surface area contributed by atoms with Gasteiger partial charge in [-0.05, 0) is 31.9 Å². The van der Waals surface area contributed by atoms with Crippen molar-refractivity contribution in [3.8, 4) is 0 Å². The van der Waals surface area contributed by atoms with Crippen molar-refractivity contribution in [1.82, 2.24) is 14.7 Å². The van der Waals surface area contributed by atoms with Crippen molar-refractivity contribution in [1.29, 1.82) is 0 Å². The molecule has 26 heavy (non-hydrogen) atoms. The maximum absolute atomic E-state index is 12.9. The SMILES string of the molecule is CCn1ncc(CN2CCO[C@H](Cc3cccc(C(F)(F)F)c3)C2)c1C. The van der Waals surface area contributed by atoms with Gasteiger partial charge in [-0.1, -0.05) is 18.2 Å². The summed E-state index contributed by atoms with van der Waals surface area (Å²) in [6.45, 7) is 7.85. The fraction of sp³-hybridized carbons (Fsp3) is 0.526. The normalized spacial score (nSPS) is 19.0. The topological polar surface area (TPSA) is 30.3 Å². The molecule has 1 saturated heterocycles. The maximum atomic E-state index is 12.9. The Hall–Kier alpha value is -1.86. The summed E-state index contributed by atoms with van der Waals surface area (Å²) in [6.07, 6.45) is -2.04. The molecule has 0 unspecified atom stereocenters. The van der Waals surface area contributed by atoms with Crippen LogP contribution in [-0.4, -0.2) is 40.5 Å². The first kappa shape index (κ1) is 18.9. The van der Waals surface area contributed by atoms with Crippen LogP contribution in [0.4, 0.5) is 13.2 Å². The van der Waals surface area contributed by atoms with Gasteiger partial charge in [-0.3, -0.25) is 9.58 Å². The molecule has 1 aliphatic heterocycles. The van der Waals surface area contributed by atoms with Gasteiger partial charge in [0.05, 0.1) is 24.5 Å². The second-order valence-corrected chi connectivity index (χ2v) is 6.70. The first-order valence-corrected chi connectivity index (χ1v) is 8.88. The van der Waals surface area contributed by atoms with E-state index in [1.807, 2.05) is 10.9 Å². The van der Waals surface area contributed by atoms with E-state index in [9.17, 15) is 13.2 Å². The number of alkyl halides is 3. The summed E-state index contributed by atoms with van der Waals surface area (Å²) >= 11 is 0. The van der Waals surface area contributed by atoms with Gasteiger partial charge in [-0.15, -0.1) is 0 Å². The first-order valence-electron chi connectivity index (χ1n) is 8.88. The zero-order valence-corrected chi connectivity index (χ0v) is 15.1. The number of halogens is 3. The van der Waals surface area contributed by atoms with E-state index in [0.29, 0.717) is 25.1 Å². The summed E-state index contributed by atoms with van der Waals surface area (Å²) in [5, 5.41) is 4.37. The quantitative estimate of drug-likeness (QED) is 0.808. The van der Waals surface area contributed by atoms with Crippen molar-refractivity contribution in [2.75, 3.05) is 19.7 Å². The highest BCUT2D eigenvalue weighted by Crippen LogP contribution is 2.30. The minimum Gasteiger partial charge on any atom is -0.375 e. The number of hydrogen-bond donors (Lipinski definition) is 0. The number of aryl methyl sites for hydroxylation is 1. The van der Waals surface area contributed by atoms with Gasteiger partial charge in [0.1, 0.15) is 0 Å². The third-order valence-corrected chi connectivity index (χ3v) is 4.84. The van der Waals surface area contributed by atoms with Crippen molar-refractivity contribution < 1.29 is 17.9 Å². The van der Waals surface area contributed by atoms with E-state index in [1.54, 1.807) is 6.07 Å². The Balaban J connectivity index is 1.63. The molecule has 0 amide bonds. The van der Waals surface area contributed by atoms with Crippen LogP contribution in [0.15, 0.2) is 30.5 Å². The maximum Gasteiger partial charge on any atom is 0.416 e. The highest BCUT2D eigenvalue weighted by molar-refractivity contribution is 5.26. The minimum atomic E-state index is -4.31. The number of hydrogen-bond acceptors (Lipinski definition) is 3. The van der Waals surface area contributed by atoms with E-state index >= 15 is 0 Å². The van der Waals surface area contributed by atoms with Crippen molar-refractivity contribution in [2.45, 2.75) is 45.6 Å². The Bertz CT molecular complexity index is 742. The molecule has 0 saturated carbocycles. The fourth-order valence-corrected chi connectivity index (χ4v) is 3.39. The van der Waals surface area contributed by atoms with E-state index in [0.717, 1.165) is 31.4 Å². The van der Waals surface area contributed by atoms with Crippen LogP contribution < -0.4 is 0 Å². The average Bonchev–Trinajstić information content (AvgIpc) is 2.95. The molecule has 1 atom stereocenters. The molecule has 0 bridgehead atoms. The Morgan fingerprint density at radius 2 is 2.12 bits per heavy atom. The largest absolute Gasteiger partial charge is 0.416 e. The highest BCUT2D eigenvalue weighted by atomic mass is 19.4. The van der Waals surface area contributed by atoms with Crippen LogP contribution in [0.1, 0.15) is 29.3 Å². The average molecular weight is 367 g/mol. The standard InChI is InChI=1S/C19H24F3N3O/c1-3-25-14(2)16(11-23-25)12-24-7-8-26-18(13-24)10-15-5-4-6-17(9-15)19(20,21)22/h4-6,9,11,18H,3,7-8,10,12-13H2,1-2H3/t18-/m1/s1. The summed E-state index contributed by atoms with van der Waals surface area (Å²) in [5.74, 6) is 0. The molecule has 0 radical (unpaired) electrons. The highest BCUT2D eigenvalue weighted by Gasteiger charge is 2.30. The van der Waals surface area contributed by atoms with Crippen LogP contribution in [0.25, 0.3) is 0 Å². The summed E-state index contributed by atoms with van der Waals surface area (Å²) in [5.41, 5.74) is 2.40. The van der Waals surface area contributed by atoms with E-state index in [2.05, 4.69) is 23.8 Å². The van der Waals surface area contributed by atoms with Crippen LogP contribution in [-0.2, 0) is 30.4 Å². The second-order valence-electron chi connectivity index (χ2n) is 6.70. The van der Waals surface area contributed by atoms with Crippen molar-refractivity contribution in [3.63, 3.8) is 0 Å². The van der Waals surface area contributed by atoms with Gasteiger partial charge in [0, 0.05) is 37.4 Å². The lowest BCUT2D eigenvalue weighted by molar-refractivity contribution is -0.137. The number of nitrogens with zero attached hydrogens (tertiary/aromatic N) is 3. The van der Waals surface area contributed by atoms with Crippen LogP contribution in [0, 0.1) is 6.92 Å². The molecule has 142 valence electrons. The molecule has 1 aliphatic rings. The molecule has 3 rings (SSSR count). The monoisotopic (exact) mass is 367 g/mol. The molecule has 2 aromatic rings. The predicted molar refractivity (Wildman–Crippen MR) is 92.8 cm³/mol. The number of morpholine rings is 1. The zero-order valence-electron chi connectivity index (χ0n) is 15.1. The Morgan fingerprint density at radius 1 is 1.31 bits per heavy atom. The van der Waals surface area contributed by atoms with Crippen LogP contribution in [0.3, 0.4) is 0 Å². The number of ether oxygens (including phenoxy) is 1. The van der Waals surface area contributed by atoms with E-state index < -0.39 is 11.7 Å². The van der Waals surface area contributed by atoms with Crippen LogP contribution >= 0.6 is 0 Å². The van der Waals surface area contributed by atoms with E-state index in [1.165, 1.54) is 17.7 Å². The molecule has 1 aromatic carbocycles. The van der Waals surface area contributed by atoms with Gasteiger partial charge in [0.2, 0.25) is 0 Å². The third kappa shape index (κ3) is 4.45.